The van der Waals surface area contributed by atoms with Crippen LogP contribution in [0, 0.1) is 0 Å². The van der Waals surface area contributed by atoms with Crippen LogP contribution >= 0.6 is 11.3 Å². The largest absolute Gasteiger partial charge is 0.416 e. The zero-order valence-electron chi connectivity index (χ0n) is 19.5. The number of thiophene rings is 1. The van der Waals surface area contributed by atoms with Gasteiger partial charge in [-0.05, 0) is 65.1 Å². The van der Waals surface area contributed by atoms with Crippen molar-refractivity contribution >= 4 is 23.0 Å². The Labute approximate surface area is 208 Å². The number of carbonyl (C=O) groups is 2. The van der Waals surface area contributed by atoms with Gasteiger partial charge in [-0.25, -0.2) is 0 Å². The molecule has 0 radical (unpaired) electrons. The fourth-order valence-electron chi connectivity index (χ4n) is 3.53. The summed E-state index contributed by atoms with van der Waals surface area (Å²) in [4.78, 5) is 25.0. The first-order valence-corrected chi connectivity index (χ1v) is 11.8. The summed E-state index contributed by atoms with van der Waals surface area (Å²) in [6.07, 6.45) is -5.20. The average Bonchev–Trinajstić information content (AvgIpc) is 3.31. The Kier molecular flexibility index (Phi) is 8.00. The summed E-state index contributed by atoms with van der Waals surface area (Å²) in [5, 5.41) is 15.3. The third-order valence-corrected chi connectivity index (χ3v) is 5.99. The number of ketones is 1. The molecule has 3 rings (SSSR count). The van der Waals surface area contributed by atoms with Gasteiger partial charge in [0.25, 0.3) is 5.91 Å². The molecule has 2 aromatic carbocycles. The van der Waals surface area contributed by atoms with Gasteiger partial charge >= 0.3 is 12.1 Å². The Morgan fingerprint density at radius 2 is 1.67 bits per heavy atom. The molecule has 0 spiro atoms. The number of Topliss-reactive ketones (excluding diaryl/α,β-unsaturated/α-hetero) is 1. The number of amides is 1. The molecule has 192 valence electrons. The Morgan fingerprint density at radius 1 is 0.944 bits per heavy atom. The molecule has 10 heteroatoms. The van der Waals surface area contributed by atoms with Gasteiger partial charge in [0, 0.05) is 24.9 Å². The summed E-state index contributed by atoms with van der Waals surface area (Å²) in [6, 6.07) is 9.68. The molecule has 2 N–H and O–H groups in total. The molecule has 1 aromatic heterocycles. The molecule has 0 unspecified atom stereocenters. The Hall–Kier alpha value is -3.11. The van der Waals surface area contributed by atoms with Gasteiger partial charge in [-0.3, -0.25) is 9.59 Å². The molecular weight excluding hydrogens is 501 g/mol. The fraction of sp³-hybridized carbons (Fsp3) is 0.308. The Bertz CT molecular complexity index is 1230. The maximum absolute atomic E-state index is 14.9. The van der Waals surface area contributed by atoms with Crippen LogP contribution in [-0.4, -0.2) is 28.9 Å². The second-order valence-corrected chi connectivity index (χ2v) is 9.82. The highest BCUT2D eigenvalue weighted by Crippen LogP contribution is 2.34. The van der Waals surface area contributed by atoms with Crippen LogP contribution < -0.4 is 5.32 Å². The molecule has 0 fully saturated rings. The molecular formula is C26H24F5NO3S. The monoisotopic (exact) mass is 525 g/mol. The molecule has 0 aliphatic rings. The number of nitrogens with one attached hydrogen (secondary N) is 1. The van der Waals surface area contributed by atoms with Crippen molar-refractivity contribution in [1.82, 2.24) is 5.32 Å². The van der Waals surface area contributed by atoms with Gasteiger partial charge in [0.2, 0.25) is 0 Å². The van der Waals surface area contributed by atoms with Crippen molar-refractivity contribution in [3.05, 3.63) is 81.5 Å². The average molecular weight is 526 g/mol. The van der Waals surface area contributed by atoms with Crippen LogP contribution in [0.15, 0.2) is 59.3 Å². The molecule has 0 bridgehead atoms. The standard InChI is InChI=1S/C26H24F5NO3S/c1-24(2,35)15-32-23(34)25(27,28)19-6-7-22(17-8-9-36-14-17)18(12-19)13-21(33)11-16-4-3-5-20(10-16)26(29,30)31/h3-10,12,14,35H,11,13,15H2,1-2H3,(H,32,34). The van der Waals surface area contributed by atoms with Gasteiger partial charge in [0.05, 0.1) is 11.2 Å². The van der Waals surface area contributed by atoms with Crippen molar-refractivity contribution in [2.45, 2.75) is 44.4 Å². The zero-order valence-corrected chi connectivity index (χ0v) is 20.3. The SMILES string of the molecule is CC(C)(O)CNC(=O)C(F)(F)c1ccc(-c2ccsc2)c(CC(=O)Cc2cccc(C(F)(F)F)c2)c1. The number of halogens is 5. The topological polar surface area (TPSA) is 66.4 Å². The highest BCUT2D eigenvalue weighted by atomic mass is 32.1. The van der Waals surface area contributed by atoms with Crippen molar-refractivity contribution in [3.8, 4) is 11.1 Å². The van der Waals surface area contributed by atoms with E-state index >= 15 is 0 Å². The lowest BCUT2D eigenvalue weighted by Gasteiger charge is -2.22. The van der Waals surface area contributed by atoms with Gasteiger partial charge in [0.15, 0.2) is 0 Å². The third kappa shape index (κ3) is 6.98. The van der Waals surface area contributed by atoms with E-state index in [9.17, 15) is 36.6 Å². The number of hydrogen-bond acceptors (Lipinski definition) is 4. The quantitative estimate of drug-likeness (QED) is 0.349. The number of alkyl halides is 5. The highest BCUT2D eigenvalue weighted by Gasteiger charge is 2.41. The molecule has 1 heterocycles. The molecule has 4 nitrogen and oxygen atoms in total. The first-order valence-electron chi connectivity index (χ1n) is 10.9. The molecule has 0 atom stereocenters. The number of benzene rings is 2. The van der Waals surface area contributed by atoms with E-state index in [1.165, 1.54) is 43.4 Å². The summed E-state index contributed by atoms with van der Waals surface area (Å²) >= 11 is 1.36. The molecule has 36 heavy (non-hydrogen) atoms. The summed E-state index contributed by atoms with van der Waals surface area (Å²) in [5.74, 6) is -6.02. The van der Waals surface area contributed by atoms with E-state index in [-0.39, 0.29) is 24.0 Å². The number of carbonyl (C=O) groups excluding carboxylic acids is 2. The summed E-state index contributed by atoms with van der Waals surface area (Å²) in [6.45, 7) is 2.32. The number of aliphatic hydroxyl groups is 1. The number of hydrogen-bond donors (Lipinski definition) is 2. The first kappa shape index (κ1) is 27.5. The lowest BCUT2D eigenvalue weighted by Crippen LogP contribution is -2.44. The van der Waals surface area contributed by atoms with Crippen molar-refractivity contribution in [1.29, 1.82) is 0 Å². The predicted octanol–water partition coefficient (Wildman–Crippen LogP) is 5.77. The summed E-state index contributed by atoms with van der Waals surface area (Å²) in [5.41, 5.74) is -1.36. The van der Waals surface area contributed by atoms with Crippen molar-refractivity contribution < 1.29 is 36.6 Å². The van der Waals surface area contributed by atoms with E-state index in [0.29, 0.717) is 11.1 Å². The van der Waals surface area contributed by atoms with Gasteiger partial charge in [-0.1, -0.05) is 30.3 Å². The van der Waals surface area contributed by atoms with Gasteiger partial charge in [0.1, 0.15) is 5.78 Å². The van der Waals surface area contributed by atoms with Gasteiger partial charge in [-0.2, -0.15) is 33.3 Å². The van der Waals surface area contributed by atoms with Crippen molar-refractivity contribution in [2.75, 3.05) is 6.54 Å². The fourth-order valence-corrected chi connectivity index (χ4v) is 4.19. The van der Waals surface area contributed by atoms with E-state index in [4.69, 9.17) is 0 Å². The van der Waals surface area contributed by atoms with E-state index < -0.39 is 47.1 Å². The maximum Gasteiger partial charge on any atom is 0.416 e. The number of rotatable bonds is 9. The minimum absolute atomic E-state index is 0.152. The van der Waals surface area contributed by atoms with Crippen LogP contribution in [-0.2, 0) is 34.5 Å². The van der Waals surface area contributed by atoms with Crippen molar-refractivity contribution in [2.24, 2.45) is 0 Å². The highest BCUT2D eigenvalue weighted by molar-refractivity contribution is 7.08. The van der Waals surface area contributed by atoms with Crippen molar-refractivity contribution in [3.63, 3.8) is 0 Å². The lowest BCUT2D eigenvalue weighted by molar-refractivity contribution is -0.148. The summed E-state index contributed by atoms with van der Waals surface area (Å²) < 4.78 is 68.9. The predicted molar refractivity (Wildman–Crippen MR) is 127 cm³/mol. The van der Waals surface area contributed by atoms with E-state index in [2.05, 4.69) is 0 Å². The van der Waals surface area contributed by atoms with Crippen LogP contribution in [0.1, 0.15) is 36.1 Å². The molecule has 0 aliphatic carbocycles. The molecule has 0 saturated carbocycles. The first-order chi connectivity index (χ1) is 16.7. The third-order valence-electron chi connectivity index (χ3n) is 5.31. The zero-order chi connectivity index (χ0) is 26.7. The Balaban J connectivity index is 1.89. The van der Waals surface area contributed by atoms with Gasteiger partial charge < -0.3 is 10.4 Å². The van der Waals surface area contributed by atoms with Crippen LogP contribution in [0.3, 0.4) is 0 Å². The molecule has 3 aromatic rings. The van der Waals surface area contributed by atoms with E-state index in [0.717, 1.165) is 24.3 Å². The summed E-state index contributed by atoms with van der Waals surface area (Å²) in [7, 11) is 0. The molecule has 0 aliphatic heterocycles. The lowest BCUT2D eigenvalue weighted by atomic mass is 9.92. The smallest absolute Gasteiger partial charge is 0.389 e. The van der Waals surface area contributed by atoms with Crippen LogP contribution in [0.5, 0.6) is 0 Å². The Morgan fingerprint density at radius 3 is 2.28 bits per heavy atom. The normalized spacial score (nSPS) is 12.4. The van der Waals surface area contributed by atoms with E-state index in [1.807, 2.05) is 5.32 Å². The van der Waals surface area contributed by atoms with Gasteiger partial charge in [-0.15, -0.1) is 0 Å². The van der Waals surface area contributed by atoms with Crippen LogP contribution in [0.2, 0.25) is 0 Å². The van der Waals surface area contributed by atoms with E-state index in [1.54, 1.807) is 16.8 Å². The maximum atomic E-state index is 14.9. The second kappa shape index (κ2) is 10.5. The second-order valence-electron chi connectivity index (χ2n) is 9.04. The molecule has 1 amide bonds. The minimum atomic E-state index is -4.56. The van der Waals surface area contributed by atoms with Crippen LogP contribution in [0.4, 0.5) is 22.0 Å². The molecule has 0 saturated heterocycles. The minimum Gasteiger partial charge on any atom is -0.389 e. The van der Waals surface area contributed by atoms with Crippen LogP contribution in [0.25, 0.3) is 11.1 Å².